The first-order chi connectivity index (χ1) is 8.32. The number of hydrogen-bond acceptors (Lipinski definition) is 1. The largest absolute Gasteiger partial charge is 0.464 e. The molecule has 0 bridgehead atoms. The van der Waals surface area contributed by atoms with Gasteiger partial charge in [-0.2, -0.15) is 22.0 Å². The maximum absolute atomic E-state index is 13.1. The molecule has 18 heavy (non-hydrogen) atoms. The van der Waals surface area contributed by atoms with E-state index in [2.05, 4.69) is 0 Å². The van der Waals surface area contributed by atoms with Crippen LogP contribution in [0.2, 0.25) is 0 Å². The van der Waals surface area contributed by atoms with E-state index in [1.165, 1.54) is 24.5 Å². The Kier molecular flexibility index (Phi) is 2.88. The molecule has 1 aromatic heterocycles. The molecule has 0 aliphatic rings. The van der Waals surface area contributed by atoms with Crippen LogP contribution in [-0.2, 0) is 5.92 Å². The SMILES string of the molecule is FC(F)(F)C(F)(F)c1cccc(-c2ccco2)c1. The van der Waals surface area contributed by atoms with Crippen molar-refractivity contribution in [3.8, 4) is 11.3 Å². The highest BCUT2D eigenvalue weighted by Gasteiger charge is 2.58. The van der Waals surface area contributed by atoms with Crippen molar-refractivity contribution in [3.63, 3.8) is 0 Å². The Morgan fingerprint density at radius 2 is 1.61 bits per heavy atom. The molecule has 2 aromatic rings. The van der Waals surface area contributed by atoms with Crippen molar-refractivity contribution in [2.75, 3.05) is 0 Å². The smallest absolute Gasteiger partial charge is 0.458 e. The quantitative estimate of drug-likeness (QED) is 0.721. The molecule has 2 rings (SSSR count). The molecule has 1 aromatic carbocycles. The molecule has 0 fully saturated rings. The Morgan fingerprint density at radius 1 is 0.889 bits per heavy atom. The van der Waals surface area contributed by atoms with E-state index in [9.17, 15) is 22.0 Å². The van der Waals surface area contributed by atoms with Crippen molar-refractivity contribution in [2.45, 2.75) is 12.1 Å². The predicted octanol–water partition coefficient (Wildman–Crippen LogP) is 4.60. The van der Waals surface area contributed by atoms with Crippen LogP contribution in [0.5, 0.6) is 0 Å². The summed E-state index contributed by atoms with van der Waals surface area (Å²) in [4.78, 5) is 0. The maximum Gasteiger partial charge on any atom is 0.458 e. The first kappa shape index (κ1) is 12.6. The minimum Gasteiger partial charge on any atom is -0.464 e. The summed E-state index contributed by atoms with van der Waals surface area (Å²) in [5.74, 6) is -4.65. The van der Waals surface area contributed by atoms with Crippen LogP contribution < -0.4 is 0 Å². The Bertz CT molecular complexity index is 528. The molecular weight excluding hydrogens is 255 g/mol. The minimum atomic E-state index is -5.62. The molecule has 0 unspecified atom stereocenters. The average Bonchev–Trinajstić information content (AvgIpc) is 2.81. The van der Waals surface area contributed by atoms with Crippen LogP contribution in [0.15, 0.2) is 47.1 Å². The van der Waals surface area contributed by atoms with Gasteiger partial charge in [0.25, 0.3) is 0 Å². The van der Waals surface area contributed by atoms with E-state index >= 15 is 0 Å². The second-order valence-electron chi connectivity index (χ2n) is 3.63. The number of benzene rings is 1. The van der Waals surface area contributed by atoms with E-state index in [0.29, 0.717) is 0 Å². The van der Waals surface area contributed by atoms with Crippen LogP contribution in [0, 0.1) is 0 Å². The number of hydrogen-bond donors (Lipinski definition) is 0. The van der Waals surface area contributed by atoms with Crippen LogP contribution >= 0.6 is 0 Å². The second-order valence-corrected chi connectivity index (χ2v) is 3.63. The number of halogens is 5. The van der Waals surface area contributed by atoms with Crippen molar-refractivity contribution < 1.29 is 26.4 Å². The normalized spacial score (nSPS) is 12.7. The zero-order valence-electron chi connectivity index (χ0n) is 8.84. The fourth-order valence-corrected chi connectivity index (χ4v) is 1.47. The molecule has 0 radical (unpaired) electrons. The van der Waals surface area contributed by atoms with Crippen LogP contribution in [0.25, 0.3) is 11.3 Å². The predicted molar refractivity (Wildman–Crippen MR) is 54.1 cm³/mol. The summed E-state index contributed by atoms with van der Waals surface area (Å²) in [6.45, 7) is 0. The summed E-state index contributed by atoms with van der Waals surface area (Å²) >= 11 is 0. The van der Waals surface area contributed by atoms with E-state index in [1.807, 2.05) is 0 Å². The first-order valence-electron chi connectivity index (χ1n) is 4.91. The van der Waals surface area contributed by atoms with Gasteiger partial charge in [-0.3, -0.25) is 0 Å². The fourth-order valence-electron chi connectivity index (χ4n) is 1.47. The standard InChI is InChI=1S/C12H7F5O/c13-11(14,12(15,16)17)9-4-1-3-8(7-9)10-5-2-6-18-10/h1-7H. The van der Waals surface area contributed by atoms with Gasteiger partial charge in [-0.25, -0.2) is 0 Å². The van der Waals surface area contributed by atoms with Gasteiger partial charge >= 0.3 is 12.1 Å². The Morgan fingerprint density at radius 3 is 2.17 bits per heavy atom. The summed E-state index contributed by atoms with van der Waals surface area (Å²) < 4.78 is 67.9. The highest BCUT2D eigenvalue weighted by atomic mass is 19.4. The third-order valence-electron chi connectivity index (χ3n) is 2.39. The Labute approximate surface area is 98.8 Å². The van der Waals surface area contributed by atoms with Crippen molar-refractivity contribution in [2.24, 2.45) is 0 Å². The van der Waals surface area contributed by atoms with E-state index in [1.54, 1.807) is 0 Å². The van der Waals surface area contributed by atoms with Crippen molar-refractivity contribution in [1.82, 2.24) is 0 Å². The highest BCUT2D eigenvalue weighted by molar-refractivity contribution is 5.58. The topological polar surface area (TPSA) is 13.1 Å². The molecular formula is C12H7F5O. The van der Waals surface area contributed by atoms with Gasteiger partial charge in [0.05, 0.1) is 6.26 Å². The molecule has 6 heteroatoms. The summed E-state index contributed by atoms with van der Waals surface area (Å²) in [7, 11) is 0. The van der Waals surface area contributed by atoms with Gasteiger partial charge < -0.3 is 4.42 Å². The first-order valence-corrected chi connectivity index (χ1v) is 4.91. The molecule has 0 amide bonds. The zero-order valence-corrected chi connectivity index (χ0v) is 8.84. The van der Waals surface area contributed by atoms with Crippen molar-refractivity contribution in [3.05, 3.63) is 48.2 Å². The maximum atomic E-state index is 13.1. The number of alkyl halides is 5. The van der Waals surface area contributed by atoms with Gasteiger partial charge in [-0.1, -0.05) is 18.2 Å². The third-order valence-corrected chi connectivity index (χ3v) is 2.39. The third kappa shape index (κ3) is 2.10. The van der Waals surface area contributed by atoms with Gasteiger partial charge in [-0.15, -0.1) is 0 Å². The zero-order chi connectivity index (χ0) is 13.4. The van der Waals surface area contributed by atoms with Crippen molar-refractivity contribution >= 4 is 0 Å². The molecule has 0 atom stereocenters. The molecule has 0 aliphatic heterocycles. The summed E-state index contributed by atoms with van der Waals surface area (Å²) in [5.41, 5.74) is -0.940. The van der Waals surface area contributed by atoms with Crippen LogP contribution in [-0.4, -0.2) is 6.18 Å². The van der Waals surface area contributed by atoms with E-state index in [0.717, 1.165) is 18.2 Å². The Hall–Kier alpha value is -1.85. The molecule has 1 heterocycles. The molecule has 0 N–H and O–H groups in total. The fraction of sp³-hybridized carbons (Fsp3) is 0.167. The monoisotopic (exact) mass is 262 g/mol. The highest BCUT2D eigenvalue weighted by Crippen LogP contribution is 2.44. The molecule has 0 saturated carbocycles. The molecule has 0 spiro atoms. The lowest BCUT2D eigenvalue weighted by molar-refractivity contribution is -0.289. The lowest BCUT2D eigenvalue weighted by Gasteiger charge is -2.20. The molecule has 1 nitrogen and oxygen atoms in total. The Balaban J connectivity index is 2.46. The summed E-state index contributed by atoms with van der Waals surface area (Å²) in [6.07, 6.45) is -4.31. The lowest BCUT2D eigenvalue weighted by atomic mass is 10.0. The molecule has 0 saturated heterocycles. The van der Waals surface area contributed by atoms with Crippen LogP contribution in [0.1, 0.15) is 5.56 Å². The van der Waals surface area contributed by atoms with Gasteiger partial charge in [0.2, 0.25) is 0 Å². The van der Waals surface area contributed by atoms with E-state index < -0.39 is 17.7 Å². The molecule has 0 aliphatic carbocycles. The summed E-state index contributed by atoms with van der Waals surface area (Å²) in [5, 5.41) is 0. The van der Waals surface area contributed by atoms with Gasteiger partial charge in [0.15, 0.2) is 0 Å². The van der Waals surface area contributed by atoms with Crippen LogP contribution in [0.3, 0.4) is 0 Å². The van der Waals surface area contributed by atoms with Crippen molar-refractivity contribution in [1.29, 1.82) is 0 Å². The minimum absolute atomic E-state index is 0.168. The van der Waals surface area contributed by atoms with Gasteiger partial charge in [0.1, 0.15) is 5.76 Å². The van der Waals surface area contributed by atoms with Gasteiger partial charge in [-0.05, 0) is 18.2 Å². The molecule has 96 valence electrons. The van der Waals surface area contributed by atoms with Gasteiger partial charge in [0, 0.05) is 11.1 Å². The average molecular weight is 262 g/mol. The second kappa shape index (κ2) is 4.12. The summed E-state index contributed by atoms with van der Waals surface area (Å²) in [6, 6.07) is 7.03. The number of furan rings is 1. The lowest BCUT2D eigenvalue weighted by Crippen LogP contribution is -2.33. The van der Waals surface area contributed by atoms with E-state index in [4.69, 9.17) is 4.42 Å². The van der Waals surface area contributed by atoms with E-state index in [-0.39, 0.29) is 11.3 Å². The number of rotatable bonds is 2. The van der Waals surface area contributed by atoms with Crippen LogP contribution in [0.4, 0.5) is 22.0 Å².